The largest absolute Gasteiger partial charge is 0.497 e. The van der Waals surface area contributed by atoms with Crippen molar-refractivity contribution in [1.82, 2.24) is 5.01 Å². The van der Waals surface area contributed by atoms with E-state index in [2.05, 4.69) is 11.1 Å². The average Bonchev–Trinajstić information content (AvgIpc) is 3.29. The Morgan fingerprint density at radius 2 is 1.52 bits per heavy atom. The van der Waals surface area contributed by atoms with Gasteiger partial charge in [-0.2, -0.15) is 5.10 Å². The van der Waals surface area contributed by atoms with Gasteiger partial charge in [-0.25, -0.2) is 5.01 Å². The number of fused-ring (bicyclic) bond motifs is 3. The van der Waals surface area contributed by atoms with Gasteiger partial charge in [-0.15, -0.1) is 0 Å². The molecule has 0 saturated heterocycles. The molecule has 0 radical (unpaired) electrons. The summed E-state index contributed by atoms with van der Waals surface area (Å²) in [5.41, 5.74) is 4.18. The van der Waals surface area contributed by atoms with E-state index in [1.165, 1.54) is 0 Å². The van der Waals surface area contributed by atoms with E-state index in [-0.39, 0.29) is 12.3 Å². The van der Waals surface area contributed by atoms with Crippen molar-refractivity contribution in [2.24, 2.45) is 5.10 Å². The van der Waals surface area contributed by atoms with Crippen LogP contribution in [-0.2, 0) is 0 Å². The molecule has 2 atom stereocenters. The predicted molar refractivity (Wildman–Crippen MR) is 118 cm³/mol. The lowest BCUT2D eigenvalue weighted by molar-refractivity contribution is -0.0209. The molecule has 0 N–H and O–H groups in total. The minimum Gasteiger partial charge on any atom is -0.497 e. The van der Waals surface area contributed by atoms with E-state index in [4.69, 9.17) is 24.0 Å². The van der Waals surface area contributed by atoms with Crippen molar-refractivity contribution < 1.29 is 18.9 Å². The van der Waals surface area contributed by atoms with Crippen molar-refractivity contribution in [3.05, 3.63) is 83.4 Å². The zero-order chi connectivity index (χ0) is 21.4. The van der Waals surface area contributed by atoms with E-state index in [0.717, 1.165) is 51.8 Å². The second-order valence-electron chi connectivity index (χ2n) is 7.50. The smallest absolute Gasteiger partial charge is 0.214 e. The van der Waals surface area contributed by atoms with E-state index in [9.17, 15) is 0 Å². The second-order valence-corrected chi connectivity index (χ2v) is 7.50. The fourth-order valence-electron chi connectivity index (χ4n) is 4.19. The SMILES string of the molecule is COc1ccc(C2=NN3C(C2)c2cccc(OC)c2OC3c2ccc(OC)cc2)cc1. The molecule has 5 rings (SSSR count). The normalized spacial score (nSPS) is 19.1. The maximum Gasteiger partial charge on any atom is 0.214 e. The summed E-state index contributed by atoms with van der Waals surface area (Å²) in [6, 6.07) is 22.0. The molecule has 0 aromatic heterocycles. The molecule has 0 saturated carbocycles. The molecule has 2 heterocycles. The fraction of sp³-hybridized carbons (Fsp3) is 0.240. The summed E-state index contributed by atoms with van der Waals surface area (Å²) >= 11 is 0. The van der Waals surface area contributed by atoms with Gasteiger partial charge in [0.05, 0.1) is 33.1 Å². The summed E-state index contributed by atoms with van der Waals surface area (Å²) in [6.07, 6.45) is 0.415. The molecular formula is C25H24N2O4. The number of hydrogen-bond acceptors (Lipinski definition) is 6. The van der Waals surface area contributed by atoms with Gasteiger partial charge in [-0.1, -0.05) is 12.1 Å². The first kappa shape index (κ1) is 19.3. The van der Waals surface area contributed by atoms with E-state index in [1.54, 1.807) is 21.3 Å². The lowest BCUT2D eigenvalue weighted by Crippen LogP contribution is -2.33. The third-order valence-corrected chi connectivity index (χ3v) is 5.82. The summed E-state index contributed by atoms with van der Waals surface area (Å²) in [4.78, 5) is 0. The van der Waals surface area contributed by atoms with Gasteiger partial charge in [0.15, 0.2) is 11.5 Å². The molecule has 3 aromatic rings. The van der Waals surface area contributed by atoms with Crippen LogP contribution in [0.4, 0.5) is 0 Å². The van der Waals surface area contributed by atoms with E-state index in [0.29, 0.717) is 0 Å². The van der Waals surface area contributed by atoms with Crippen molar-refractivity contribution in [3.8, 4) is 23.0 Å². The van der Waals surface area contributed by atoms with E-state index in [1.807, 2.05) is 60.7 Å². The summed E-state index contributed by atoms with van der Waals surface area (Å²) in [6.45, 7) is 0. The third-order valence-electron chi connectivity index (χ3n) is 5.82. The molecule has 0 fully saturated rings. The Morgan fingerprint density at radius 3 is 2.16 bits per heavy atom. The Bertz CT molecular complexity index is 1110. The van der Waals surface area contributed by atoms with Crippen LogP contribution >= 0.6 is 0 Å². The van der Waals surface area contributed by atoms with Crippen molar-refractivity contribution >= 4 is 5.71 Å². The monoisotopic (exact) mass is 416 g/mol. The quantitative estimate of drug-likeness (QED) is 0.589. The van der Waals surface area contributed by atoms with Gasteiger partial charge in [-0.3, -0.25) is 0 Å². The van der Waals surface area contributed by atoms with Crippen LogP contribution in [-0.4, -0.2) is 32.0 Å². The molecule has 3 aromatic carbocycles. The lowest BCUT2D eigenvalue weighted by Gasteiger charge is -2.38. The Labute approximate surface area is 181 Å². The number of benzene rings is 3. The number of para-hydroxylation sites is 1. The molecule has 0 amide bonds. The summed E-state index contributed by atoms with van der Waals surface area (Å²) in [7, 11) is 5.00. The van der Waals surface area contributed by atoms with Gasteiger partial charge in [0, 0.05) is 17.5 Å². The molecule has 0 aliphatic carbocycles. The highest BCUT2D eigenvalue weighted by Gasteiger charge is 2.42. The first-order valence-corrected chi connectivity index (χ1v) is 10.2. The number of rotatable bonds is 5. The molecular weight excluding hydrogens is 392 g/mol. The highest BCUT2D eigenvalue weighted by molar-refractivity contribution is 6.02. The Balaban J connectivity index is 1.57. The first-order chi connectivity index (χ1) is 15.2. The van der Waals surface area contributed by atoms with Crippen molar-refractivity contribution in [2.75, 3.05) is 21.3 Å². The number of hydrogen-bond donors (Lipinski definition) is 0. The van der Waals surface area contributed by atoms with Gasteiger partial charge < -0.3 is 18.9 Å². The van der Waals surface area contributed by atoms with Crippen LogP contribution in [0.25, 0.3) is 0 Å². The maximum absolute atomic E-state index is 6.48. The Hall–Kier alpha value is -3.67. The maximum atomic E-state index is 6.48. The van der Waals surface area contributed by atoms with Gasteiger partial charge in [0.1, 0.15) is 11.5 Å². The molecule has 0 spiro atoms. The Morgan fingerprint density at radius 1 is 0.839 bits per heavy atom. The summed E-state index contributed by atoms with van der Waals surface area (Å²) < 4.78 is 22.7. The minimum absolute atomic E-state index is 0.0584. The van der Waals surface area contributed by atoms with Crippen LogP contribution < -0.4 is 18.9 Å². The minimum atomic E-state index is -0.365. The first-order valence-electron chi connectivity index (χ1n) is 10.2. The standard InChI is InChI=1S/C25H24N2O4/c1-28-18-11-7-16(8-12-18)21-15-22-20-5-4-6-23(30-3)24(20)31-25(27(22)26-21)17-9-13-19(29-2)14-10-17/h4-14,22,25H,15H2,1-3H3. The van der Waals surface area contributed by atoms with Gasteiger partial charge in [-0.05, 0) is 60.2 Å². The Kier molecular flexibility index (Phi) is 4.90. The topological polar surface area (TPSA) is 52.5 Å². The van der Waals surface area contributed by atoms with Crippen LogP contribution in [0.1, 0.15) is 35.4 Å². The molecule has 6 nitrogen and oxygen atoms in total. The third kappa shape index (κ3) is 3.34. The van der Waals surface area contributed by atoms with E-state index >= 15 is 0 Å². The second kappa shape index (κ2) is 7.87. The molecule has 6 heteroatoms. The molecule has 158 valence electrons. The molecule has 2 unspecified atom stereocenters. The average molecular weight is 416 g/mol. The van der Waals surface area contributed by atoms with Gasteiger partial charge in [0.2, 0.25) is 6.23 Å². The van der Waals surface area contributed by atoms with Gasteiger partial charge in [0.25, 0.3) is 0 Å². The highest BCUT2D eigenvalue weighted by atomic mass is 16.5. The molecule has 2 aliphatic rings. The molecule has 31 heavy (non-hydrogen) atoms. The van der Waals surface area contributed by atoms with Crippen LogP contribution in [0.3, 0.4) is 0 Å². The van der Waals surface area contributed by atoms with Crippen molar-refractivity contribution in [3.63, 3.8) is 0 Å². The number of hydrazone groups is 1. The number of methoxy groups -OCH3 is 3. The van der Waals surface area contributed by atoms with Crippen LogP contribution in [0.2, 0.25) is 0 Å². The highest BCUT2D eigenvalue weighted by Crippen LogP contribution is 2.50. The zero-order valence-corrected chi connectivity index (χ0v) is 17.7. The molecule has 0 bridgehead atoms. The predicted octanol–water partition coefficient (Wildman–Crippen LogP) is 4.95. The number of ether oxygens (including phenoxy) is 4. The number of nitrogens with zero attached hydrogens (tertiary/aromatic N) is 2. The summed E-state index contributed by atoms with van der Waals surface area (Å²) in [5.74, 6) is 3.14. The van der Waals surface area contributed by atoms with Crippen LogP contribution in [0.5, 0.6) is 23.0 Å². The molecule has 2 aliphatic heterocycles. The van der Waals surface area contributed by atoms with E-state index < -0.39 is 0 Å². The van der Waals surface area contributed by atoms with Crippen molar-refractivity contribution in [2.45, 2.75) is 18.7 Å². The van der Waals surface area contributed by atoms with Crippen molar-refractivity contribution in [1.29, 1.82) is 0 Å². The fourth-order valence-corrected chi connectivity index (χ4v) is 4.19. The van der Waals surface area contributed by atoms with Crippen LogP contribution in [0.15, 0.2) is 71.8 Å². The lowest BCUT2D eigenvalue weighted by atomic mass is 9.95. The zero-order valence-electron chi connectivity index (χ0n) is 17.7. The van der Waals surface area contributed by atoms with Gasteiger partial charge >= 0.3 is 0 Å². The summed E-state index contributed by atoms with van der Waals surface area (Å²) in [5, 5.41) is 7.06. The van der Waals surface area contributed by atoms with Crippen LogP contribution in [0, 0.1) is 0 Å².